The molecule has 72 valence electrons. The summed E-state index contributed by atoms with van der Waals surface area (Å²) in [4.78, 5) is 0. The Morgan fingerprint density at radius 1 is 1.42 bits per heavy atom. The van der Waals surface area contributed by atoms with Gasteiger partial charge in [0.2, 0.25) is 0 Å². The summed E-state index contributed by atoms with van der Waals surface area (Å²) in [7, 11) is 0. The third kappa shape index (κ3) is 3.81. The third-order valence-electron chi connectivity index (χ3n) is 2.80. The van der Waals surface area contributed by atoms with Crippen LogP contribution in [0.25, 0.3) is 0 Å². The highest BCUT2D eigenvalue weighted by molar-refractivity contribution is 7.98. The standard InChI is InChI=1S/C10H21NS/c1-12-7-6-10(11)8-9-4-2-3-5-9/h9-10H,2-8,11H2,1H3. The molecule has 1 fully saturated rings. The van der Waals surface area contributed by atoms with E-state index < -0.39 is 0 Å². The van der Waals surface area contributed by atoms with Crippen molar-refractivity contribution in [3.8, 4) is 0 Å². The number of thioether (sulfide) groups is 1. The zero-order valence-corrected chi connectivity index (χ0v) is 8.91. The summed E-state index contributed by atoms with van der Waals surface area (Å²) < 4.78 is 0. The molecule has 0 spiro atoms. The second-order valence-corrected chi connectivity index (χ2v) is 4.91. The fraction of sp³-hybridized carbons (Fsp3) is 1.00. The molecule has 1 aliphatic rings. The molecule has 0 radical (unpaired) electrons. The summed E-state index contributed by atoms with van der Waals surface area (Å²) in [5.74, 6) is 2.19. The quantitative estimate of drug-likeness (QED) is 0.716. The van der Waals surface area contributed by atoms with E-state index in [2.05, 4.69) is 6.26 Å². The molecule has 0 amide bonds. The monoisotopic (exact) mass is 187 g/mol. The summed E-state index contributed by atoms with van der Waals surface area (Å²) in [5.41, 5.74) is 6.03. The van der Waals surface area contributed by atoms with Gasteiger partial charge in [-0.15, -0.1) is 0 Å². The summed E-state index contributed by atoms with van der Waals surface area (Å²) in [6, 6.07) is 0.473. The van der Waals surface area contributed by atoms with Crippen molar-refractivity contribution in [1.29, 1.82) is 0 Å². The highest BCUT2D eigenvalue weighted by Crippen LogP contribution is 2.28. The van der Waals surface area contributed by atoms with E-state index in [4.69, 9.17) is 5.73 Å². The molecule has 0 aromatic heterocycles. The highest BCUT2D eigenvalue weighted by atomic mass is 32.2. The molecule has 0 aromatic carbocycles. The summed E-state index contributed by atoms with van der Waals surface area (Å²) in [6.45, 7) is 0. The Kier molecular flexibility index (Phi) is 5.08. The van der Waals surface area contributed by atoms with Crippen LogP contribution in [-0.2, 0) is 0 Å². The maximum absolute atomic E-state index is 6.03. The molecule has 0 saturated heterocycles. The number of nitrogens with two attached hydrogens (primary N) is 1. The van der Waals surface area contributed by atoms with Gasteiger partial charge in [0.1, 0.15) is 0 Å². The molecular formula is C10H21NS. The minimum atomic E-state index is 0.473. The van der Waals surface area contributed by atoms with E-state index in [1.807, 2.05) is 11.8 Å². The van der Waals surface area contributed by atoms with Crippen molar-refractivity contribution in [3.63, 3.8) is 0 Å². The Balaban J connectivity index is 2.03. The second kappa shape index (κ2) is 5.87. The van der Waals surface area contributed by atoms with Crippen molar-refractivity contribution in [2.75, 3.05) is 12.0 Å². The van der Waals surface area contributed by atoms with Gasteiger partial charge in [-0.2, -0.15) is 11.8 Å². The smallest absolute Gasteiger partial charge is 0.00493 e. The van der Waals surface area contributed by atoms with Gasteiger partial charge in [-0.25, -0.2) is 0 Å². The molecule has 1 atom stereocenters. The maximum atomic E-state index is 6.03. The van der Waals surface area contributed by atoms with E-state index in [0.29, 0.717) is 6.04 Å². The van der Waals surface area contributed by atoms with Crippen LogP contribution in [0.5, 0.6) is 0 Å². The van der Waals surface area contributed by atoms with Crippen molar-refractivity contribution in [2.24, 2.45) is 11.7 Å². The van der Waals surface area contributed by atoms with Crippen LogP contribution in [0.3, 0.4) is 0 Å². The van der Waals surface area contributed by atoms with E-state index in [0.717, 1.165) is 5.92 Å². The Bertz CT molecular complexity index is 110. The molecule has 2 heteroatoms. The lowest BCUT2D eigenvalue weighted by molar-refractivity contribution is 0.437. The first-order valence-electron chi connectivity index (χ1n) is 5.07. The molecule has 1 unspecified atom stereocenters. The molecule has 1 nitrogen and oxygen atoms in total. The van der Waals surface area contributed by atoms with Gasteiger partial charge in [-0.05, 0) is 30.8 Å². The SMILES string of the molecule is CSCCC(N)CC1CCCC1. The largest absolute Gasteiger partial charge is 0.328 e. The molecule has 12 heavy (non-hydrogen) atoms. The minimum Gasteiger partial charge on any atom is -0.328 e. The van der Waals surface area contributed by atoms with Crippen LogP contribution in [0.2, 0.25) is 0 Å². The Morgan fingerprint density at radius 2 is 2.08 bits per heavy atom. The van der Waals surface area contributed by atoms with Crippen LogP contribution in [-0.4, -0.2) is 18.1 Å². The van der Waals surface area contributed by atoms with E-state index in [9.17, 15) is 0 Å². The molecule has 0 bridgehead atoms. The van der Waals surface area contributed by atoms with Crippen LogP contribution >= 0.6 is 11.8 Å². The van der Waals surface area contributed by atoms with Gasteiger partial charge in [-0.3, -0.25) is 0 Å². The lowest BCUT2D eigenvalue weighted by atomic mass is 9.98. The fourth-order valence-electron chi connectivity index (χ4n) is 2.06. The minimum absolute atomic E-state index is 0.473. The van der Waals surface area contributed by atoms with Crippen LogP contribution in [0.1, 0.15) is 38.5 Å². The maximum Gasteiger partial charge on any atom is 0.00493 e. The first kappa shape index (κ1) is 10.4. The molecule has 1 saturated carbocycles. The first-order chi connectivity index (χ1) is 5.83. The van der Waals surface area contributed by atoms with Crippen molar-refractivity contribution < 1.29 is 0 Å². The first-order valence-corrected chi connectivity index (χ1v) is 6.47. The summed E-state index contributed by atoms with van der Waals surface area (Å²) in [6.07, 6.45) is 10.4. The third-order valence-corrected chi connectivity index (χ3v) is 3.45. The van der Waals surface area contributed by atoms with Gasteiger partial charge < -0.3 is 5.73 Å². The molecule has 2 N–H and O–H groups in total. The van der Waals surface area contributed by atoms with Crippen molar-refractivity contribution in [2.45, 2.75) is 44.6 Å². The van der Waals surface area contributed by atoms with Crippen LogP contribution in [0.15, 0.2) is 0 Å². The highest BCUT2D eigenvalue weighted by Gasteiger charge is 2.17. The molecule has 1 aliphatic carbocycles. The fourth-order valence-corrected chi connectivity index (χ4v) is 2.60. The lowest BCUT2D eigenvalue weighted by Gasteiger charge is -2.15. The second-order valence-electron chi connectivity index (χ2n) is 3.93. The van der Waals surface area contributed by atoms with Gasteiger partial charge in [0, 0.05) is 6.04 Å². The Morgan fingerprint density at radius 3 is 2.67 bits per heavy atom. The number of hydrogen-bond donors (Lipinski definition) is 1. The van der Waals surface area contributed by atoms with Gasteiger partial charge in [0.05, 0.1) is 0 Å². The van der Waals surface area contributed by atoms with Gasteiger partial charge in [0.15, 0.2) is 0 Å². The van der Waals surface area contributed by atoms with E-state index in [1.165, 1.54) is 44.3 Å². The van der Waals surface area contributed by atoms with E-state index in [-0.39, 0.29) is 0 Å². The van der Waals surface area contributed by atoms with Crippen LogP contribution in [0, 0.1) is 5.92 Å². The predicted molar refractivity (Wildman–Crippen MR) is 57.5 cm³/mol. The van der Waals surface area contributed by atoms with Gasteiger partial charge in [-0.1, -0.05) is 25.7 Å². The average Bonchev–Trinajstić information content (AvgIpc) is 2.53. The topological polar surface area (TPSA) is 26.0 Å². The number of hydrogen-bond acceptors (Lipinski definition) is 2. The van der Waals surface area contributed by atoms with Crippen LogP contribution < -0.4 is 5.73 Å². The molecule has 1 rings (SSSR count). The Labute approximate surface area is 80.5 Å². The normalized spacial score (nSPS) is 21.5. The molecule has 0 heterocycles. The Hall–Kier alpha value is 0.310. The summed E-state index contributed by atoms with van der Waals surface area (Å²) >= 11 is 1.91. The lowest BCUT2D eigenvalue weighted by Crippen LogP contribution is -2.23. The van der Waals surface area contributed by atoms with Crippen molar-refractivity contribution >= 4 is 11.8 Å². The van der Waals surface area contributed by atoms with E-state index >= 15 is 0 Å². The zero-order chi connectivity index (χ0) is 8.81. The number of rotatable bonds is 5. The van der Waals surface area contributed by atoms with Crippen molar-refractivity contribution in [3.05, 3.63) is 0 Å². The molecule has 0 aliphatic heterocycles. The molecular weight excluding hydrogens is 166 g/mol. The average molecular weight is 187 g/mol. The zero-order valence-electron chi connectivity index (χ0n) is 8.09. The van der Waals surface area contributed by atoms with Gasteiger partial charge in [0.25, 0.3) is 0 Å². The van der Waals surface area contributed by atoms with Crippen LogP contribution in [0.4, 0.5) is 0 Å². The van der Waals surface area contributed by atoms with Gasteiger partial charge >= 0.3 is 0 Å². The molecule has 0 aromatic rings. The van der Waals surface area contributed by atoms with E-state index in [1.54, 1.807) is 0 Å². The summed E-state index contributed by atoms with van der Waals surface area (Å²) in [5, 5.41) is 0. The van der Waals surface area contributed by atoms with Crippen molar-refractivity contribution in [1.82, 2.24) is 0 Å². The predicted octanol–water partition coefficient (Wildman–Crippen LogP) is 2.65.